The number of nitrogens with zero attached hydrogens (tertiary/aromatic N) is 4. The van der Waals surface area contributed by atoms with Crippen molar-refractivity contribution < 1.29 is 14.3 Å². The number of cyclic esters (lactones) is 1. The predicted octanol–water partition coefficient (Wildman–Crippen LogP) is 4.19. The van der Waals surface area contributed by atoms with Gasteiger partial charge in [-0.3, -0.25) is 4.79 Å². The molecule has 0 N–H and O–H groups in total. The van der Waals surface area contributed by atoms with Crippen molar-refractivity contribution in [2.45, 2.75) is 24.9 Å². The fourth-order valence-corrected chi connectivity index (χ4v) is 3.09. The third kappa shape index (κ3) is 3.38. The number of amides is 2. The summed E-state index contributed by atoms with van der Waals surface area (Å²) in [5.74, 6) is -0.945. The quantitative estimate of drug-likeness (QED) is 0.459. The smallest absolute Gasteiger partial charge is 0.417 e. The highest BCUT2D eigenvalue weighted by Gasteiger charge is 2.42. The van der Waals surface area contributed by atoms with Crippen molar-refractivity contribution in [2.75, 3.05) is 6.61 Å². The van der Waals surface area contributed by atoms with E-state index in [1.54, 1.807) is 6.92 Å². The lowest BCUT2D eigenvalue weighted by Crippen LogP contribution is -2.42. The van der Waals surface area contributed by atoms with Crippen LogP contribution in [-0.4, -0.2) is 29.5 Å². The Hall–Kier alpha value is -3.31. The van der Waals surface area contributed by atoms with Crippen LogP contribution in [0.25, 0.3) is 10.4 Å². The van der Waals surface area contributed by atoms with E-state index in [0.29, 0.717) is 0 Å². The molecule has 7 nitrogen and oxygen atoms in total. The van der Waals surface area contributed by atoms with Crippen molar-refractivity contribution in [1.29, 1.82) is 0 Å². The van der Waals surface area contributed by atoms with Crippen LogP contribution in [0, 0.1) is 0 Å². The summed E-state index contributed by atoms with van der Waals surface area (Å²) in [5.41, 5.74) is 10.6. The Morgan fingerprint density at radius 3 is 2.42 bits per heavy atom. The third-order valence-electron chi connectivity index (χ3n) is 4.52. The zero-order valence-electron chi connectivity index (χ0n) is 14.2. The number of rotatable bonds is 5. The topological polar surface area (TPSA) is 95.4 Å². The van der Waals surface area contributed by atoms with Crippen molar-refractivity contribution in [2.24, 2.45) is 5.11 Å². The first-order chi connectivity index (χ1) is 12.6. The van der Waals surface area contributed by atoms with Crippen molar-refractivity contribution >= 4 is 12.0 Å². The molecule has 0 unspecified atom stereocenters. The molecule has 0 radical (unpaired) electrons. The summed E-state index contributed by atoms with van der Waals surface area (Å²) in [6.07, 6.45) is -0.720. The van der Waals surface area contributed by atoms with E-state index in [1.807, 2.05) is 60.7 Å². The van der Waals surface area contributed by atoms with Crippen molar-refractivity contribution in [3.05, 3.63) is 82.2 Å². The zero-order chi connectivity index (χ0) is 18.5. The van der Waals surface area contributed by atoms with Gasteiger partial charge in [-0.15, -0.1) is 0 Å². The summed E-state index contributed by atoms with van der Waals surface area (Å²) in [6.45, 7) is 1.88. The van der Waals surface area contributed by atoms with Crippen LogP contribution in [-0.2, 0) is 9.53 Å². The van der Waals surface area contributed by atoms with Gasteiger partial charge < -0.3 is 4.74 Å². The van der Waals surface area contributed by atoms with Gasteiger partial charge >= 0.3 is 6.09 Å². The monoisotopic (exact) mass is 350 g/mol. The average molecular weight is 350 g/mol. The molecule has 1 aliphatic rings. The van der Waals surface area contributed by atoms with Gasteiger partial charge in [-0.2, -0.15) is 0 Å². The molecule has 1 saturated heterocycles. The molecule has 2 aromatic carbocycles. The predicted molar refractivity (Wildman–Crippen MR) is 95.2 cm³/mol. The van der Waals surface area contributed by atoms with Gasteiger partial charge in [-0.25, -0.2) is 9.69 Å². The molecular weight excluding hydrogens is 332 g/mol. The Bertz CT molecular complexity index is 830. The second-order valence-electron chi connectivity index (χ2n) is 6.06. The normalized spacial score (nSPS) is 18.6. The van der Waals surface area contributed by atoms with Gasteiger partial charge in [-0.1, -0.05) is 72.7 Å². The molecular formula is C19H18N4O3. The SMILES string of the molecule is C[C@H](c1ccccc1)[C@H](N=[N+]=[N-])C(=O)N1C(=O)OC[C@H]1c1ccccc1. The average Bonchev–Trinajstić information content (AvgIpc) is 3.08. The summed E-state index contributed by atoms with van der Waals surface area (Å²) in [6, 6.07) is 16.9. The number of hydrogen-bond acceptors (Lipinski definition) is 4. The van der Waals surface area contributed by atoms with E-state index in [4.69, 9.17) is 10.3 Å². The van der Waals surface area contributed by atoms with Gasteiger partial charge in [0.2, 0.25) is 5.91 Å². The number of carbonyl (C=O) groups is 2. The van der Waals surface area contributed by atoms with Crippen molar-refractivity contribution in [3.8, 4) is 0 Å². The highest BCUT2D eigenvalue weighted by atomic mass is 16.6. The molecule has 7 heteroatoms. The van der Waals surface area contributed by atoms with Crippen LogP contribution in [0.5, 0.6) is 0 Å². The van der Waals surface area contributed by atoms with E-state index in [1.165, 1.54) is 0 Å². The first-order valence-electron chi connectivity index (χ1n) is 8.27. The summed E-state index contributed by atoms with van der Waals surface area (Å²) in [7, 11) is 0. The van der Waals surface area contributed by atoms with Crippen LogP contribution in [0.1, 0.15) is 30.0 Å². The maximum Gasteiger partial charge on any atom is 0.417 e. The van der Waals surface area contributed by atoms with E-state index >= 15 is 0 Å². The van der Waals surface area contributed by atoms with E-state index < -0.39 is 24.1 Å². The Kier molecular flexibility index (Phi) is 5.20. The molecule has 132 valence electrons. The van der Waals surface area contributed by atoms with Gasteiger partial charge in [0.1, 0.15) is 18.7 Å². The van der Waals surface area contributed by atoms with E-state index in [0.717, 1.165) is 16.0 Å². The Labute approximate surface area is 150 Å². The molecule has 1 aliphatic heterocycles. The Morgan fingerprint density at radius 1 is 1.19 bits per heavy atom. The molecule has 3 atom stereocenters. The van der Waals surface area contributed by atoms with Gasteiger partial charge in [0.25, 0.3) is 0 Å². The van der Waals surface area contributed by atoms with E-state index in [-0.39, 0.29) is 12.5 Å². The molecule has 0 aliphatic carbocycles. The van der Waals surface area contributed by atoms with Gasteiger partial charge in [0.05, 0.1) is 0 Å². The van der Waals surface area contributed by atoms with E-state index in [2.05, 4.69) is 10.0 Å². The fourth-order valence-electron chi connectivity index (χ4n) is 3.09. The summed E-state index contributed by atoms with van der Waals surface area (Å²) in [5, 5.41) is 3.69. The van der Waals surface area contributed by atoms with Crippen LogP contribution in [0.2, 0.25) is 0 Å². The minimum Gasteiger partial charge on any atom is -0.446 e. The van der Waals surface area contributed by atoms with Gasteiger partial charge in [0, 0.05) is 4.91 Å². The first kappa shape index (κ1) is 17.5. The largest absolute Gasteiger partial charge is 0.446 e. The van der Waals surface area contributed by atoms with Crippen molar-refractivity contribution in [1.82, 2.24) is 4.90 Å². The first-order valence-corrected chi connectivity index (χ1v) is 8.27. The Morgan fingerprint density at radius 2 is 1.81 bits per heavy atom. The van der Waals surface area contributed by atoms with E-state index in [9.17, 15) is 9.59 Å². The number of imide groups is 1. The molecule has 0 bridgehead atoms. The highest BCUT2D eigenvalue weighted by Crippen LogP contribution is 2.31. The standard InChI is InChI=1S/C19H18N4O3/c1-13(14-8-4-2-5-9-14)17(21-22-20)18(24)23-16(12-26-19(23)25)15-10-6-3-7-11-15/h2-11,13,16-17H,12H2,1H3/t13-,16+,17+/m1/s1. The second kappa shape index (κ2) is 7.72. The van der Waals surface area contributed by atoms with Gasteiger partial charge in [0.15, 0.2) is 0 Å². The molecule has 0 aromatic heterocycles. The molecule has 1 fully saturated rings. The molecule has 0 saturated carbocycles. The lowest BCUT2D eigenvalue weighted by molar-refractivity contribution is -0.131. The molecule has 0 spiro atoms. The van der Waals surface area contributed by atoms with Crippen LogP contribution in [0.3, 0.4) is 0 Å². The molecule has 3 rings (SSSR count). The number of benzene rings is 2. The highest BCUT2D eigenvalue weighted by molar-refractivity contribution is 5.97. The summed E-state index contributed by atoms with van der Waals surface area (Å²) in [4.78, 5) is 29.2. The minimum absolute atomic E-state index is 0.0806. The van der Waals surface area contributed by atoms with Crippen LogP contribution in [0.15, 0.2) is 65.8 Å². The van der Waals surface area contributed by atoms with Crippen LogP contribution >= 0.6 is 0 Å². The summed E-state index contributed by atoms with van der Waals surface area (Å²) >= 11 is 0. The van der Waals surface area contributed by atoms with Crippen LogP contribution in [0.4, 0.5) is 4.79 Å². The number of hydrogen-bond donors (Lipinski definition) is 0. The minimum atomic E-state index is -1.04. The summed E-state index contributed by atoms with van der Waals surface area (Å²) < 4.78 is 5.10. The number of azide groups is 1. The molecule has 26 heavy (non-hydrogen) atoms. The number of ether oxygens (including phenoxy) is 1. The second-order valence-corrected chi connectivity index (χ2v) is 6.06. The lowest BCUT2D eigenvalue weighted by Gasteiger charge is -2.26. The van der Waals surface area contributed by atoms with Crippen molar-refractivity contribution in [3.63, 3.8) is 0 Å². The zero-order valence-corrected chi connectivity index (χ0v) is 14.2. The molecule has 1 heterocycles. The maximum absolute atomic E-state index is 13.1. The molecule has 2 amide bonds. The Balaban J connectivity index is 1.92. The van der Waals surface area contributed by atoms with Gasteiger partial charge in [-0.05, 0) is 22.6 Å². The third-order valence-corrected chi connectivity index (χ3v) is 4.52. The fraction of sp³-hybridized carbons (Fsp3) is 0.263. The van der Waals surface area contributed by atoms with Crippen LogP contribution < -0.4 is 0 Å². The molecule has 2 aromatic rings. The number of carbonyl (C=O) groups excluding carboxylic acids is 2. The lowest BCUT2D eigenvalue weighted by atomic mass is 9.92. The maximum atomic E-state index is 13.1.